The van der Waals surface area contributed by atoms with Crippen LogP contribution in [0.3, 0.4) is 0 Å². The molecule has 0 fully saturated rings. The first kappa shape index (κ1) is 12.0. The zero-order chi connectivity index (χ0) is 13.9. The van der Waals surface area contributed by atoms with Gasteiger partial charge in [0.15, 0.2) is 11.5 Å². The molecule has 20 heavy (non-hydrogen) atoms. The van der Waals surface area contributed by atoms with Crippen molar-refractivity contribution < 1.29 is 4.74 Å². The van der Waals surface area contributed by atoms with Gasteiger partial charge in [0.2, 0.25) is 0 Å². The normalized spacial score (nSPS) is 10.2. The topological polar surface area (TPSA) is 71.9 Å². The van der Waals surface area contributed by atoms with Gasteiger partial charge in [0.25, 0.3) is 0 Å². The number of aromatic nitrogens is 1. The Morgan fingerprint density at radius 3 is 2.75 bits per heavy atom. The van der Waals surface area contributed by atoms with E-state index >= 15 is 0 Å². The average Bonchev–Trinajstić information content (AvgIpc) is 2.50. The van der Waals surface area contributed by atoms with Crippen LogP contribution in [0, 0.1) is 11.3 Å². The van der Waals surface area contributed by atoms with Crippen LogP contribution < -0.4 is 10.5 Å². The van der Waals surface area contributed by atoms with Gasteiger partial charge >= 0.3 is 0 Å². The Labute approximate surface area is 116 Å². The molecule has 0 saturated heterocycles. The van der Waals surface area contributed by atoms with Crippen molar-refractivity contribution in [3.63, 3.8) is 0 Å². The van der Waals surface area contributed by atoms with Crippen LogP contribution in [0.2, 0.25) is 0 Å². The molecule has 96 valence electrons. The van der Waals surface area contributed by atoms with E-state index in [-0.39, 0.29) is 0 Å². The molecule has 0 aliphatic carbocycles. The maximum Gasteiger partial charge on any atom is 0.153 e. The first-order valence-electron chi connectivity index (χ1n) is 6.09. The number of rotatable bonds is 2. The molecule has 1 heterocycles. The van der Waals surface area contributed by atoms with Gasteiger partial charge in [0, 0.05) is 17.6 Å². The minimum absolute atomic E-state index is 0.460. The fraction of sp³-hybridized carbons (Fsp3) is 0. The molecule has 2 N–H and O–H groups in total. The van der Waals surface area contributed by atoms with Crippen LogP contribution in [-0.2, 0) is 0 Å². The van der Waals surface area contributed by atoms with Crippen molar-refractivity contribution in [2.45, 2.75) is 0 Å². The van der Waals surface area contributed by atoms with E-state index in [1.807, 2.05) is 30.3 Å². The summed E-state index contributed by atoms with van der Waals surface area (Å²) in [5.41, 5.74) is 7.63. The fourth-order valence-electron chi connectivity index (χ4n) is 1.97. The molecule has 2 aromatic carbocycles. The minimum atomic E-state index is 0.460. The van der Waals surface area contributed by atoms with Gasteiger partial charge in [-0.1, -0.05) is 18.2 Å². The molecule has 0 amide bonds. The van der Waals surface area contributed by atoms with Gasteiger partial charge in [-0.05, 0) is 24.3 Å². The summed E-state index contributed by atoms with van der Waals surface area (Å²) < 4.78 is 5.83. The summed E-state index contributed by atoms with van der Waals surface area (Å²) >= 11 is 0. The highest BCUT2D eigenvalue weighted by Crippen LogP contribution is 2.32. The first-order chi connectivity index (χ1) is 9.78. The minimum Gasteiger partial charge on any atom is -0.453 e. The maximum atomic E-state index is 8.93. The van der Waals surface area contributed by atoms with Crippen LogP contribution >= 0.6 is 0 Å². The van der Waals surface area contributed by atoms with Gasteiger partial charge in [0.1, 0.15) is 5.52 Å². The van der Waals surface area contributed by atoms with Crippen molar-refractivity contribution in [2.75, 3.05) is 5.73 Å². The van der Waals surface area contributed by atoms with Gasteiger partial charge < -0.3 is 10.5 Å². The molecule has 0 atom stereocenters. The summed E-state index contributed by atoms with van der Waals surface area (Å²) in [4.78, 5) is 4.32. The third-order valence-electron chi connectivity index (χ3n) is 2.96. The van der Waals surface area contributed by atoms with E-state index in [1.54, 1.807) is 24.4 Å². The summed E-state index contributed by atoms with van der Waals surface area (Å²) in [6, 6.07) is 16.5. The standard InChI is InChI=1S/C16H11N3O/c17-10-11-6-7-13(18)15(9-11)20-14-5-1-3-12-4-2-8-19-16(12)14/h1-9H,18H2. The van der Waals surface area contributed by atoms with Gasteiger partial charge in [-0.25, -0.2) is 0 Å². The lowest BCUT2D eigenvalue weighted by Gasteiger charge is -2.10. The number of pyridine rings is 1. The van der Waals surface area contributed by atoms with Crippen molar-refractivity contribution in [1.29, 1.82) is 5.26 Å². The zero-order valence-corrected chi connectivity index (χ0v) is 10.6. The monoisotopic (exact) mass is 261 g/mol. The second-order valence-corrected chi connectivity index (χ2v) is 4.30. The summed E-state index contributed by atoms with van der Waals surface area (Å²) in [7, 11) is 0. The quantitative estimate of drug-likeness (QED) is 0.717. The van der Waals surface area contributed by atoms with Crippen LogP contribution in [-0.4, -0.2) is 4.98 Å². The van der Waals surface area contributed by atoms with Crippen LogP contribution in [0.1, 0.15) is 5.56 Å². The molecule has 0 saturated carbocycles. The number of nitrogens with zero attached hydrogens (tertiary/aromatic N) is 2. The van der Waals surface area contributed by atoms with E-state index in [2.05, 4.69) is 11.1 Å². The lowest BCUT2D eigenvalue weighted by molar-refractivity contribution is 0.489. The van der Waals surface area contributed by atoms with Gasteiger partial charge in [-0.3, -0.25) is 4.98 Å². The van der Waals surface area contributed by atoms with E-state index in [1.165, 1.54) is 0 Å². The molecule has 0 radical (unpaired) electrons. The molecule has 4 heteroatoms. The molecular formula is C16H11N3O. The number of nitrogens with two attached hydrogens (primary N) is 1. The molecule has 4 nitrogen and oxygen atoms in total. The van der Waals surface area contributed by atoms with Crippen LogP contribution in [0.25, 0.3) is 10.9 Å². The van der Waals surface area contributed by atoms with E-state index in [0.29, 0.717) is 22.7 Å². The van der Waals surface area contributed by atoms with Crippen molar-refractivity contribution in [2.24, 2.45) is 0 Å². The van der Waals surface area contributed by atoms with E-state index in [0.717, 1.165) is 10.9 Å². The number of nitriles is 1. The highest BCUT2D eigenvalue weighted by atomic mass is 16.5. The number of anilines is 1. The highest BCUT2D eigenvalue weighted by Gasteiger charge is 2.07. The zero-order valence-electron chi connectivity index (χ0n) is 10.6. The van der Waals surface area contributed by atoms with Crippen LogP contribution in [0.4, 0.5) is 5.69 Å². The third-order valence-corrected chi connectivity index (χ3v) is 2.96. The highest BCUT2D eigenvalue weighted by molar-refractivity contribution is 5.84. The molecular weight excluding hydrogens is 250 g/mol. The summed E-state index contributed by atoms with van der Waals surface area (Å²) in [6.07, 6.45) is 1.71. The number of hydrogen-bond donors (Lipinski definition) is 1. The molecule has 0 aliphatic heterocycles. The molecule has 1 aromatic heterocycles. The number of nitrogen functional groups attached to an aromatic ring is 1. The van der Waals surface area contributed by atoms with Crippen molar-refractivity contribution in [3.05, 3.63) is 60.3 Å². The Morgan fingerprint density at radius 1 is 1.05 bits per heavy atom. The second-order valence-electron chi connectivity index (χ2n) is 4.30. The SMILES string of the molecule is N#Cc1ccc(N)c(Oc2cccc3cccnc23)c1. The molecule has 0 aliphatic rings. The van der Waals surface area contributed by atoms with Gasteiger partial charge in [0.05, 0.1) is 17.3 Å². The number of fused-ring (bicyclic) bond motifs is 1. The summed E-state index contributed by atoms with van der Waals surface area (Å²) in [5, 5.41) is 9.92. The Bertz CT molecular complexity index is 816. The molecule has 3 aromatic rings. The summed E-state index contributed by atoms with van der Waals surface area (Å²) in [6.45, 7) is 0. The largest absolute Gasteiger partial charge is 0.453 e. The molecule has 3 rings (SSSR count). The number of hydrogen-bond acceptors (Lipinski definition) is 4. The number of ether oxygens (including phenoxy) is 1. The lowest BCUT2D eigenvalue weighted by Crippen LogP contribution is -1.94. The van der Waals surface area contributed by atoms with Crippen molar-refractivity contribution in [3.8, 4) is 17.6 Å². The van der Waals surface area contributed by atoms with Crippen molar-refractivity contribution in [1.82, 2.24) is 4.98 Å². The van der Waals surface area contributed by atoms with Crippen molar-refractivity contribution >= 4 is 16.6 Å². The van der Waals surface area contributed by atoms with Gasteiger partial charge in [-0.15, -0.1) is 0 Å². The lowest BCUT2D eigenvalue weighted by atomic mass is 10.2. The average molecular weight is 261 g/mol. The second kappa shape index (κ2) is 4.90. The van der Waals surface area contributed by atoms with Crippen LogP contribution in [0.15, 0.2) is 54.7 Å². The smallest absolute Gasteiger partial charge is 0.153 e. The van der Waals surface area contributed by atoms with Crippen LogP contribution in [0.5, 0.6) is 11.5 Å². The predicted molar refractivity (Wildman–Crippen MR) is 77.4 cm³/mol. The van der Waals surface area contributed by atoms with E-state index in [4.69, 9.17) is 15.7 Å². The third kappa shape index (κ3) is 2.13. The maximum absolute atomic E-state index is 8.93. The Hall–Kier alpha value is -3.06. The van der Waals surface area contributed by atoms with E-state index < -0.39 is 0 Å². The fourth-order valence-corrected chi connectivity index (χ4v) is 1.97. The molecule has 0 bridgehead atoms. The van der Waals surface area contributed by atoms with Gasteiger partial charge in [-0.2, -0.15) is 5.26 Å². The Kier molecular flexibility index (Phi) is 2.94. The Morgan fingerprint density at radius 2 is 1.90 bits per heavy atom. The van der Waals surface area contributed by atoms with E-state index in [9.17, 15) is 0 Å². The Balaban J connectivity index is 2.08. The number of para-hydroxylation sites is 1. The molecule has 0 spiro atoms. The number of benzene rings is 2. The summed E-state index contributed by atoms with van der Waals surface area (Å²) in [5.74, 6) is 1.08. The first-order valence-corrected chi connectivity index (χ1v) is 6.09. The predicted octanol–water partition coefficient (Wildman–Crippen LogP) is 3.48. The molecule has 0 unspecified atom stereocenters.